The van der Waals surface area contributed by atoms with Gasteiger partial charge in [-0.25, -0.2) is 0 Å². The van der Waals surface area contributed by atoms with E-state index in [2.05, 4.69) is 48.6 Å². The molecule has 0 amide bonds. The number of hydrogen-bond acceptors (Lipinski definition) is 1. The predicted octanol–water partition coefficient (Wildman–Crippen LogP) is 3.44. The van der Waals surface area contributed by atoms with Gasteiger partial charge in [-0.3, -0.25) is 0 Å². The van der Waals surface area contributed by atoms with Gasteiger partial charge >= 0.3 is 0 Å². The molecule has 4 rings (SSSR count). The lowest BCUT2D eigenvalue weighted by molar-refractivity contribution is 0.108. The van der Waals surface area contributed by atoms with Gasteiger partial charge in [0.05, 0.1) is 12.7 Å². The van der Waals surface area contributed by atoms with E-state index in [1.165, 1.54) is 22.3 Å². The van der Waals surface area contributed by atoms with Crippen LogP contribution in [0.4, 0.5) is 0 Å². The van der Waals surface area contributed by atoms with Crippen molar-refractivity contribution in [1.29, 1.82) is 0 Å². The molecular formula is C16H14O. The third-order valence-electron chi connectivity index (χ3n) is 3.97. The van der Waals surface area contributed by atoms with Crippen molar-refractivity contribution in [3.8, 4) is 0 Å². The van der Waals surface area contributed by atoms with Gasteiger partial charge in [0.25, 0.3) is 0 Å². The Morgan fingerprint density at radius 1 is 1.12 bits per heavy atom. The Morgan fingerprint density at radius 3 is 3.06 bits per heavy atom. The highest BCUT2D eigenvalue weighted by atomic mass is 16.5. The van der Waals surface area contributed by atoms with Crippen LogP contribution in [-0.2, 0) is 4.74 Å². The third-order valence-corrected chi connectivity index (χ3v) is 3.97. The van der Waals surface area contributed by atoms with E-state index in [1.807, 2.05) is 0 Å². The SMILES string of the molecule is C1=CC2C(=CC=C3CCOC32)c2ccccc21. The molecule has 1 heterocycles. The molecule has 17 heavy (non-hydrogen) atoms. The molecule has 1 saturated heterocycles. The van der Waals surface area contributed by atoms with Crippen molar-refractivity contribution in [2.45, 2.75) is 12.5 Å². The van der Waals surface area contributed by atoms with E-state index in [1.54, 1.807) is 0 Å². The third kappa shape index (κ3) is 1.29. The van der Waals surface area contributed by atoms with Gasteiger partial charge in [-0.1, -0.05) is 48.6 Å². The molecule has 3 aliphatic rings. The molecule has 0 radical (unpaired) electrons. The lowest BCUT2D eigenvalue weighted by Crippen LogP contribution is -2.24. The molecular weight excluding hydrogens is 208 g/mol. The fourth-order valence-electron chi connectivity index (χ4n) is 3.12. The van der Waals surface area contributed by atoms with Crippen molar-refractivity contribution in [1.82, 2.24) is 0 Å². The molecule has 84 valence electrons. The van der Waals surface area contributed by atoms with Gasteiger partial charge in [0.1, 0.15) is 0 Å². The molecule has 1 fully saturated rings. The van der Waals surface area contributed by atoms with Crippen molar-refractivity contribution in [3.05, 3.63) is 59.2 Å². The number of hydrogen-bond donors (Lipinski definition) is 0. The molecule has 0 N–H and O–H groups in total. The summed E-state index contributed by atoms with van der Waals surface area (Å²) in [5.74, 6) is 0.424. The summed E-state index contributed by atoms with van der Waals surface area (Å²) in [6.07, 6.45) is 10.5. The molecule has 0 aromatic heterocycles. The highest BCUT2D eigenvalue weighted by molar-refractivity contribution is 5.83. The molecule has 2 aliphatic carbocycles. The van der Waals surface area contributed by atoms with Crippen molar-refractivity contribution < 1.29 is 4.74 Å². The Bertz CT molecular complexity index is 563. The monoisotopic (exact) mass is 222 g/mol. The van der Waals surface area contributed by atoms with E-state index in [0.29, 0.717) is 12.0 Å². The summed E-state index contributed by atoms with van der Waals surface area (Å²) in [7, 11) is 0. The maximum absolute atomic E-state index is 5.88. The average molecular weight is 222 g/mol. The van der Waals surface area contributed by atoms with Crippen molar-refractivity contribution in [2.75, 3.05) is 6.61 Å². The second-order valence-corrected chi connectivity index (χ2v) is 4.88. The van der Waals surface area contributed by atoms with Gasteiger partial charge in [-0.05, 0) is 28.7 Å². The van der Waals surface area contributed by atoms with E-state index in [4.69, 9.17) is 4.74 Å². The molecule has 1 heteroatoms. The zero-order valence-electron chi connectivity index (χ0n) is 9.60. The molecule has 2 unspecified atom stereocenters. The molecule has 1 aromatic carbocycles. The molecule has 2 atom stereocenters. The van der Waals surface area contributed by atoms with Gasteiger partial charge in [0.2, 0.25) is 0 Å². The quantitative estimate of drug-likeness (QED) is 0.653. The number of rotatable bonds is 0. The largest absolute Gasteiger partial charge is 0.373 e. The van der Waals surface area contributed by atoms with Crippen LogP contribution in [0.15, 0.2) is 48.1 Å². The Morgan fingerprint density at radius 2 is 2.06 bits per heavy atom. The molecule has 0 spiro atoms. The number of fused-ring (bicyclic) bond motifs is 5. The maximum Gasteiger partial charge on any atom is 0.0892 e. The summed E-state index contributed by atoms with van der Waals surface area (Å²) < 4.78 is 5.88. The Balaban J connectivity index is 1.89. The Labute approximate surface area is 101 Å². The van der Waals surface area contributed by atoms with Gasteiger partial charge in [-0.2, -0.15) is 0 Å². The fourth-order valence-corrected chi connectivity index (χ4v) is 3.12. The van der Waals surface area contributed by atoms with Crippen molar-refractivity contribution in [3.63, 3.8) is 0 Å². The van der Waals surface area contributed by atoms with E-state index in [9.17, 15) is 0 Å². The molecule has 0 bridgehead atoms. The summed E-state index contributed by atoms with van der Waals surface area (Å²) in [6.45, 7) is 0.879. The predicted molar refractivity (Wildman–Crippen MR) is 69.4 cm³/mol. The minimum atomic E-state index is 0.291. The molecule has 1 aliphatic heterocycles. The van der Waals surface area contributed by atoms with Gasteiger partial charge in [-0.15, -0.1) is 0 Å². The van der Waals surface area contributed by atoms with E-state index >= 15 is 0 Å². The lowest BCUT2D eigenvalue weighted by Gasteiger charge is -2.30. The fraction of sp³-hybridized carbons (Fsp3) is 0.250. The molecule has 0 saturated carbocycles. The zero-order valence-corrected chi connectivity index (χ0v) is 9.60. The van der Waals surface area contributed by atoms with E-state index in [-0.39, 0.29) is 0 Å². The first-order valence-electron chi connectivity index (χ1n) is 6.23. The minimum Gasteiger partial charge on any atom is -0.373 e. The number of benzene rings is 1. The number of allylic oxidation sites excluding steroid dienone is 2. The van der Waals surface area contributed by atoms with Crippen LogP contribution >= 0.6 is 0 Å². The summed E-state index contributed by atoms with van der Waals surface area (Å²) in [5, 5.41) is 0. The van der Waals surface area contributed by atoms with Crippen molar-refractivity contribution >= 4 is 11.6 Å². The van der Waals surface area contributed by atoms with Gasteiger partial charge < -0.3 is 4.74 Å². The summed E-state index contributed by atoms with van der Waals surface area (Å²) >= 11 is 0. The van der Waals surface area contributed by atoms with Crippen LogP contribution in [0.2, 0.25) is 0 Å². The summed E-state index contributed by atoms with van der Waals surface area (Å²) in [6, 6.07) is 8.61. The Hall–Kier alpha value is -1.60. The Kier molecular flexibility index (Phi) is 1.91. The number of ether oxygens (including phenoxy) is 1. The minimum absolute atomic E-state index is 0.291. The van der Waals surface area contributed by atoms with Crippen LogP contribution in [0.25, 0.3) is 11.6 Å². The molecule has 1 nitrogen and oxygen atoms in total. The normalized spacial score (nSPS) is 28.9. The topological polar surface area (TPSA) is 9.23 Å². The van der Waals surface area contributed by atoms with Crippen LogP contribution in [0.5, 0.6) is 0 Å². The summed E-state index contributed by atoms with van der Waals surface area (Å²) in [4.78, 5) is 0. The van der Waals surface area contributed by atoms with Crippen LogP contribution in [0.3, 0.4) is 0 Å². The smallest absolute Gasteiger partial charge is 0.0892 e. The molecule has 1 aromatic rings. The zero-order chi connectivity index (χ0) is 11.2. The second-order valence-electron chi connectivity index (χ2n) is 4.88. The van der Waals surface area contributed by atoms with Crippen LogP contribution in [0, 0.1) is 5.92 Å². The van der Waals surface area contributed by atoms with E-state index in [0.717, 1.165) is 13.0 Å². The second kappa shape index (κ2) is 3.44. The first-order chi connectivity index (χ1) is 8.43. The van der Waals surface area contributed by atoms with Crippen LogP contribution in [-0.4, -0.2) is 12.7 Å². The standard InChI is InChI=1S/C16H14O/c1-2-4-13-11(3-1)5-8-15-14(13)7-6-12-9-10-17-16(12)15/h1-8,15-16H,9-10H2. The highest BCUT2D eigenvalue weighted by Crippen LogP contribution is 2.43. The lowest BCUT2D eigenvalue weighted by atomic mass is 9.77. The first-order valence-corrected chi connectivity index (χ1v) is 6.23. The van der Waals surface area contributed by atoms with Crippen LogP contribution < -0.4 is 0 Å². The van der Waals surface area contributed by atoms with Gasteiger partial charge in [0, 0.05) is 5.92 Å². The highest BCUT2D eigenvalue weighted by Gasteiger charge is 2.35. The van der Waals surface area contributed by atoms with Crippen LogP contribution in [0.1, 0.15) is 17.5 Å². The first kappa shape index (κ1) is 9.43. The summed E-state index contributed by atoms with van der Waals surface area (Å²) in [5.41, 5.74) is 5.57. The van der Waals surface area contributed by atoms with Gasteiger partial charge in [0.15, 0.2) is 0 Å². The maximum atomic E-state index is 5.88. The van der Waals surface area contributed by atoms with Crippen molar-refractivity contribution in [2.24, 2.45) is 5.92 Å². The van der Waals surface area contributed by atoms with E-state index < -0.39 is 0 Å². The average Bonchev–Trinajstić information content (AvgIpc) is 2.86.